The van der Waals surface area contributed by atoms with E-state index in [1.165, 1.54) is 0 Å². The number of hydrogen-bond donors (Lipinski definition) is 2. The fourth-order valence-corrected chi connectivity index (χ4v) is 0.744. The van der Waals surface area contributed by atoms with Crippen LogP contribution in [0.1, 0.15) is 20.3 Å². The molecule has 0 radical (unpaired) electrons. The summed E-state index contributed by atoms with van der Waals surface area (Å²) >= 11 is 0. The van der Waals surface area contributed by atoms with Crippen molar-refractivity contribution in [3.8, 4) is 0 Å². The van der Waals surface area contributed by atoms with Crippen molar-refractivity contribution >= 4 is 6.03 Å². The summed E-state index contributed by atoms with van der Waals surface area (Å²) in [6.45, 7) is 6.63. The molecule has 0 aliphatic carbocycles. The molecule has 0 fully saturated rings. The average molecular weight is 174 g/mol. The van der Waals surface area contributed by atoms with E-state index < -0.39 is 0 Å². The summed E-state index contributed by atoms with van der Waals surface area (Å²) in [5, 5.41) is 5.36. The van der Waals surface area contributed by atoms with E-state index in [0.29, 0.717) is 19.7 Å². The number of rotatable bonds is 6. The van der Waals surface area contributed by atoms with Gasteiger partial charge in [0, 0.05) is 26.3 Å². The third-order valence-corrected chi connectivity index (χ3v) is 1.29. The molecule has 0 aromatic rings. The molecule has 0 saturated carbocycles. The topological polar surface area (TPSA) is 50.4 Å². The molecule has 0 aromatic heterocycles. The fourth-order valence-electron chi connectivity index (χ4n) is 0.744. The van der Waals surface area contributed by atoms with E-state index in [4.69, 9.17) is 4.74 Å². The van der Waals surface area contributed by atoms with E-state index in [1.807, 2.05) is 13.8 Å². The summed E-state index contributed by atoms with van der Waals surface area (Å²) in [5.74, 6) is 0. The zero-order valence-corrected chi connectivity index (χ0v) is 7.85. The molecule has 72 valence electrons. The van der Waals surface area contributed by atoms with Gasteiger partial charge in [-0.25, -0.2) is 4.79 Å². The Hall–Kier alpha value is -0.770. The van der Waals surface area contributed by atoms with Crippen LogP contribution in [0.2, 0.25) is 0 Å². The molecule has 0 atom stereocenters. The van der Waals surface area contributed by atoms with Crippen molar-refractivity contribution in [2.24, 2.45) is 0 Å². The number of hydrogen-bond acceptors (Lipinski definition) is 2. The van der Waals surface area contributed by atoms with Crippen molar-refractivity contribution in [2.45, 2.75) is 20.3 Å². The molecule has 0 spiro atoms. The summed E-state index contributed by atoms with van der Waals surface area (Å²) in [7, 11) is 0. The molecular weight excluding hydrogens is 156 g/mol. The lowest BCUT2D eigenvalue weighted by molar-refractivity contribution is 0.145. The molecule has 12 heavy (non-hydrogen) atoms. The van der Waals surface area contributed by atoms with E-state index in [1.54, 1.807) is 0 Å². The molecule has 4 nitrogen and oxygen atoms in total. The highest BCUT2D eigenvalue weighted by Gasteiger charge is 1.94. The standard InChI is InChI=1S/C8H18N2O2/c1-3-9-8(11)10-6-5-7-12-4-2/h3-7H2,1-2H3,(H2,9,10,11). The Bertz CT molecular complexity index is 118. The van der Waals surface area contributed by atoms with Crippen molar-refractivity contribution in [1.82, 2.24) is 10.6 Å². The number of carbonyl (C=O) groups is 1. The molecule has 0 unspecified atom stereocenters. The molecule has 0 aliphatic rings. The normalized spacial score (nSPS) is 9.50. The SMILES string of the molecule is CCNC(=O)NCCCOCC. The minimum Gasteiger partial charge on any atom is -0.382 e. The van der Waals surface area contributed by atoms with Gasteiger partial charge in [0.15, 0.2) is 0 Å². The third-order valence-electron chi connectivity index (χ3n) is 1.29. The number of urea groups is 1. The molecule has 0 aliphatic heterocycles. The van der Waals surface area contributed by atoms with Crippen LogP contribution in [0.25, 0.3) is 0 Å². The van der Waals surface area contributed by atoms with Crippen molar-refractivity contribution in [3.05, 3.63) is 0 Å². The zero-order valence-electron chi connectivity index (χ0n) is 7.85. The minimum absolute atomic E-state index is 0.103. The number of carbonyl (C=O) groups excluding carboxylic acids is 1. The quantitative estimate of drug-likeness (QED) is 0.583. The lowest BCUT2D eigenvalue weighted by Crippen LogP contribution is -2.36. The molecular formula is C8H18N2O2. The Morgan fingerprint density at radius 3 is 2.67 bits per heavy atom. The smallest absolute Gasteiger partial charge is 0.314 e. The summed E-state index contributed by atoms with van der Waals surface area (Å²) in [6, 6.07) is -0.103. The second-order valence-electron chi connectivity index (χ2n) is 2.34. The second kappa shape index (κ2) is 8.33. The monoisotopic (exact) mass is 174 g/mol. The van der Waals surface area contributed by atoms with E-state index in [2.05, 4.69) is 10.6 Å². The second-order valence-corrected chi connectivity index (χ2v) is 2.34. The van der Waals surface area contributed by atoms with Crippen molar-refractivity contribution in [2.75, 3.05) is 26.3 Å². The summed E-state index contributed by atoms with van der Waals surface area (Å²) < 4.78 is 5.10. The van der Waals surface area contributed by atoms with E-state index >= 15 is 0 Å². The molecule has 0 rings (SSSR count). The average Bonchev–Trinajstić information content (AvgIpc) is 2.05. The van der Waals surface area contributed by atoms with E-state index in [0.717, 1.165) is 13.0 Å². The maximum Gasteiger partial charge on any atom is 0.314 e. The van der Waals surface area contributed by atoms with Gasteiger partial charge in [-0.15, -0.1) is 0 Å². The minimum atomic E-state index is -0.103. The van der Waals surface area contributed by atoms with Crippen LogP contribution in [0.4, 0.5) is 4.79 Å². The van der Waals surface area contributed by atoms with Crippen molar-refractivity contribution < 1.29 is 9.53 Å². The van der Waals surface area contributed by atoms with Gasteiger partial charge in [-0.05, 0) is 20.3 Å². The number of ether oxygens (including phenoxy) is 1. The Kier molecular flexibility index (Phi) is 7.79. The van der Waals surface area contributed by atoms with Gasteiger partial charge in [-0.1, -0.05) is 0 Å². The number of nitrogens with one attached hydrogen (secondary N) is 2. The van der Waals surface area contributed by atoms with Crippen LogP contribution in [0.3, 0.4) is 0 Å². The maximum absolute atomic E-state index is 10.8. The molecule has 2 amide bonds. The van der Waals surface area contributed by atoms with Gasteiger partial charge >= 0.3 is 6.03 Å². The summed E-state index contributed by atoms with van der Waals surface area (Å²) in [4.78, 5) is 10.8. The van der Waals surface area contributed by atoms with Gasteiger partial charge in [0.25, 0.3) is 0 Å². The lowest BCUT2D eigenvalue weighted by atomic mass is 10.4. The predicted molar refractivity (Wildman–Crippen MR) is 48.2 cm³/mol. The highest BCUT2D eigenvalue weighted by molar-refractivity contribution is 5.73. The van der Waals surface area contributed by atoms with Gasteiger partial charge in [-0.2, -0.15) is 0 Å². The van der Waals surface area contributed by atoms with Crippen LogP contribution < -0.4 is 10.6 Å². The van der Waals surface area contributed by atoms with Crippen molar-refractivity contribution in [1.29, 1.82) is 0 Å². The zero-order chi connectivity index (χ0) is 9.23. The predicted octanol–water partition coefficient (Wildman–Crippen LogP) is 0.732. The first-order valence-corrected chi connectivity index (χ1v) is 4.40. The van der Waals surface area contributed by atoms with Crippen LogP contribution in [0.5, 0.6) is 0 Å². The van der Waals surface area contributed by atoms with E-state index in [-0.39, 0.29) is 6.03 Å². The molecule has 0 bridgehead atoms. The Morgan fingerprint density at radius 1 is 1.33 bits per heavy atom. The Balaban J connectivity index is 3.03. The molecule has 0 saturated heterocycles. The fraction of sp³-hybridized carbons (Fsp3) is 0.875. The summed E-state index contributed by atoms with van der Waals surface area (Å²) in [5.41, 5.74) is 0. The lowest BCUT2D eigenvalue weighted by Gasteiger charge is -2.05. The molecule has 0 heterocycles. The molecule has 2 N–H and O–H groups in total. The van der Waals surface area contributed by atoms with Gasteiger partial charge in [0.05, 0.1) is 0 Å². The molecule has 0 aromatic carbocycles. The van der Waals surface area contributed by atoms with Crippen LogP contribution in [0, 0.1) is 0 Å². The van der Waals surface area contributed by atoms with E-state index in [9.17, 15) is 4.79 Å². The van der Waals surface area contributed by atoms with Crippen LogP contribution >= 0.6 is 0 Å². The van der Waals surface area contributed by atoms with Gasteiger partial charge < -0.3 is 15.4 Å². The van der Waals surface area contributed by atoms with Gasteiger partial charge in [-0.3, -0.25) is 0 Å². The molecule has 4 heteroatoms. The highest BCUT2D eigenvalue weighted by Crippen LogP contribution is 1.79. The largest absolute Gasteiger partial charge is 0.382 e. The van der Waals surface area contributed by atoms with Crippen LogP contribution in [-0.2, 0) is 4.74 Å². The maximum atomic E-state index is 10.8. The first kappa shape index (κ1) is 11.2. The van der Waals surface area contributed by atoms with Crippen LogP contribution in [0.15, 0.2) is 0 Å². The van der Waals surface area contributed by atoms with Crippen LogP contribution in [-0.4, -0.2) is 32.3 Å². The van der Waals surface area contributed by atoms with Gasteiger partial charge in [0.1, 0.15) is 0 Å². The van der Waals surface area contributed by atoms with Gasteiger partial charge in [0.2, 0.25) is 0 Å². The Labute approximate surface area is 73.7 Å². The summed E-state index contributed by atoms with van der Waals surface area (Å²) in [6.07, 6.45) is 0.866. The third kappa shape index (κ3) is 7.34. The first-order chi connectivity index (χ1) is 5.81. The first-order valence-electron chi connectivity index (χ1n) is 4.40. The Morgan fingerprint density at radius 2 is 2.08 bits per heavy atom. The highest BCUT2D eigenvalue weighted by atomic mass is 16.5. The van der Waals surface area contributed by atoms with Crippen molar-refractivity contribution in [3.63, 3.8) is 0 Å². The number of amides is 2.